The van der Waals surface area contributed by atoms with Crippen LogP contribution in [-0.2, 0) is 19.7 Å². The number of hydrogen-bond acceptors (Lipinski definition) is 8. The molecule has 0 bridgehead atoms. The summed E-state index contributed by atoms with van der Waals surface area (Å²) in [5, 5.41) is 23.0. The fraction of sp³-hybridized carbons (Fsp3) is 0.0833. The largest absolute Gasteiger partial charge is 0.276 e. The Morgan fingerprint density at radius 1 is 0.750 bits per heavy atom. The van der Waals surface area contributed by atoms with E-state index in [1.54, 1.807) is 18.2 Å². The van der Waals surface area contributed by atoms with Gasteiger partial charge in [-0.25, -0.2) is 16.8 Å². The second-order valence-electron chi connectivity index (χ2n) is 7.44. The van der Waals surface area contributed by atoms with Crippen molar-refractivity contribution in [1.29, 1.82) is 0 Å². The van der Waals surface area contributed by atoms with Crippen LogP contribution in [0.2, 0.25) is 0 Å². The van der Waals surface area contributed by atoms with Crippen molar-refractivity contribution in [2.24, 2.45) is 0 Å². The van der Waals surface area contributed by atoms with Crippen molar-refractivity contribution in [2.75, 3.05) is 0 Å². The first-order chi connectivity index (χ1) is 17.0. The Labute approximate surface area is 207 Å². The molecule has 0 fully saturated rings. The van der Waals surface area contributed by atoms with Crippen LogP contribution < -0.4 is 0 Å². The fourth-order valence-electron chi connectivity index (χ4n) is 3.34. The lowest BCUT2D eigenvalue weighted by Crippen LogP contribution is -2.32. The molecule has 0 atom stereocenters. The fourth-order valence-corrected chi connectivity index (χ4v) is 7.80. The van der Waals surface area contributed by atoms with Crippen LogP contribution in [0.3, 0.4) is 0 Å². The summed E-state index contributed by atoms with van der Waals surface area (Å²) >= 11 is 0. The molecule has 0 unspecified atom stereocenters. The van der Waals surface area contributed by atoms with E-state index < -0.39 is 46.2 Å². The van der Waals surface area contributed by atoms with E-state index in [1.165, 1.54) is 72.8 Å². The summed E-state index contributed by atoms with van der Waals surface area (Å²) in [6.45, 7) is 0. The first-order valence-electron chi connectivity index (χ1n) is 10.4. The van der Waals surface area contributed by atoms with Crippen LogP contribution in [0.4, 0.5) is 5.69 Å². The molecule has 0 spiro atoms. The third-order valence-corrected chi connectivity index (χ3v) is 10.2. The van der Waals surface area contributed by atoms with Crippen molar-refractivity contribution in [3.63, 3.8) is 0 Å². The molecule has 3 aromatic carbocycles. The molecule has 186 valence electrons. The normalized spacial score (nSPS) is 12.6. The van der Waals surface area contributed by atoms with E-state index in [4.69, 9.17) is 0 Å². The molecule has 0 aliphatic rings. The van der Waals surface area contributed by atoms with Gasteiger partial charge in [0.05, 0.1) is 31.6 Å². The molecule has 0 amide bonds. The van der Waals surface area contributed by atoms with Gasteiger partial charge in [-0.1, -0.05) is 54.6 Å². The lowest BCUT2D eigenvalue weighted by Gasteiger charge is -2.17. The molecule has 0 aromatic heterocycles. The highest BCUT2D eigenvalue weighted by Gasteiger charge is 2.42. The van der Waals surface area contributed by atoms with Gasteiger partial charge in [-0.3, -0.25) is 20.2 Å². The van der Waals surface area contributed by atoms with E-state index in [-0.39, 0.29) is 21.0 Å². The second kappa shape index (κ2) is 11.1. The maximum atomic E-state index is 13.4. The van der Waals surface area contributed by atoms with Crippen LogP contribution in [-0.4, -0.2) is 31.3 Å². The van der Waals surface area contributed by atoms with E-state index in [2.05, 4.69) is 0 Å². The van der Waals surface area contributed by atoms with E-state index in [9.17, 15) is 37.1 Å². The Balaban J connectivity index is 2.09. The van der Waals surface area contributed by atoms with E-state index in [1.807, 2.05) is 0 Å². The molecule has 0 radical (unpaired) electrons. The number of nitro groups is 2. The van der Waals surface area contributed by atoms with Crippen molar-refractivity contribution in [3.05, 3.63) is 129 Å². The van der Waals surface area contributed by atoms with Crippen molar-refractivity contribution in [2.45, 2.75) is 20.8 Å². The first kappa shape index (κ1) is 26.4. The number of nitrogens with zero attached hydrogens (tertiary/aromatic N) is 2. The number of benzene rings is 3. The van der Waals surface area contributed by atoms with E-state index in [0.717, 1.165) is 12.2 Å². The summed E-state index contributed by atoms with van der Waals surface area (Å²) in [6, 6.07) is 19.3. The highest BCUT2D eigenvalue weighted by Crippen LogP contribution is 2.30. The summed E-state index contributed by atoms with van der Waals surface area (Å²) in [6.07, 6.45) is 2.36. The van der Waals surface area contributed by atoms with Gasteiger partial charge in [-0.05, 0) is 36.4 Å². The van der Waals surface area contributed by atoms with Gasteiger partial charge in [0, 0.05) is 12.1 Å². The lowest BCUT2D eigenvalue weighted by atomic mass is 10.1. The number of rotatable bonds is 10. The topological polar surface area (TPSA) is 155 Å². The predicted molar refractivity (Wildman–Crippen MR) is 133 cm³/mol. The summed E-state index contributed by atoms with van der Waals surface area (Å²) < 4.78 is 51.4. The van der Waals surface area contributed by atoms with Gasteiger partial charge in [-0.15, -0.1) is 0 Å². The maximum Gasteiger partial charge on any atom is 0.276 e. The smallest absolute Gasteiger partial charge is 0.259 e. The molecule has 0 saturated carbocycles. The zero-order valence-electron chi connectivity index (χ0n) is 18.6. The lowest BCUT2D eigenvalue weighted by molar-refractivity contribution is -0.427. The highest BCUT2D eigenvalue weighted by atomic mass is 32.3. The molecule has 3 rings (SSSR count). The van der Waals surface area contributed by atoms with Crippen molar-refractivity contribution >= 4 is 31.4 Å². The average molecular weight is 529 g/mol. The molecule has 0 aliphatic heterocycles. The predicted octanol–water partition coefficient (Wildman–Crippen LogP) is 4.43. The molecule has 0 heterocycles. The van der Waals surface area contributed by atoms with Crippen LogP contribution in [0.5, 0.6) is 0 Å². The van der Waals surface area contributed by atoms with Gasteiger partial charge in [0.1, 0.15) is 0 Å². The molecular weight excluding hydrogens is 508 g/mol. The van der Waals surface area contributed by atoms with Gasteiger partial charge in [0.15, 0.2) is 24.3 Å². The molecule has 0 saturated heterocycles. The third kappa shape index (κ3) is 5.90. The van der Waals surface area contributed by atoms with Crippen LogP contribution in [0.15, 0.2) is 113 Å². The Hall–Kier alpha value is -4.16. The number of allylic oxidation sites excluding steroid dienone is 3. The van der Waals surface area contributed by atoms with E-state index in [0.29, 0.717) is 0 Å². The van der Waals surface area contributed by atoms with Gasteiger partial charge >= 0.3 is 0 Å². The summed E-state index contributed by atoms with van der Waals surface area (Å²) in [5.74, 6) is 0. The standard InChI is InChI=1S/C24H20N2O8S2/c27-25(28)20(12-9-11-19-10-7-8-17-23(19)26(29)30)18-24(35(31,32)21-13-3-1-4-14-21)36(33,34)22-15-5-2-6-16-22/h1-17,24H,18H2/b11-9+,20-12+. The van der Waals surface area contributed by atoms with Gasteiger partial charge in [0.25, 0.3) is 5.69 Å². The molecule has 36 heavy (non-hydrogen) atoms. The van der Waals surface area contributed by atoms with Gasteiger partial charge in [-0.2, -0.15) is 0 Å². The Morgan fingerprint density at radius 2 is 1.22 bits per heavy atom. The van der Waals surface area contributed by atoms with Crippen molar-refractivity contribution in [3.8, 4) is 0 Å². The summed E-state index contributed by atoms with van der Waals surface area (Å²) in [5.41, 5.74) is -0.776. The van der Waals surface area contributed by atoms with Gasteiger partial charge < -0.3 is 0 Å². The quantitative estimate of drug-likeness (QED) is 0.213. The van der Waals surface area contributed by atoms with Crippen LogP contribution in [0, 0.1) is 20.2 Å². The molecule has 0 aliphatic carbocycles. The number of nitro benzene ring substituents is 1. The number of sulfone groups is 2. The van der Waals surface area contributed by atoms with Crippen LogP contribution >= 0.6 is 0 Å². The minimum absolute atomic E-state index is 0.159. The third-order valence-electron chi connectivity index (χ3n) is 5.14. The maximum absolute atomic E-state index is 13.4. The Morgan fingerprint density at radius 3 is 1.69 bits per heavy atom. The average Bonchev–Trinajstić information content (AvgIpc) is 2.86. The zero-order chi connectivity index (χ0) is 26.3. The molecule has 12 heteroatoms. The highest BCUT2D eigenvalue weighted by molar-refractivity contribution is 8.09. The Kier molecular flexibility index (Phi) is 8.12. The summed E-state index contributed by atoms with van der Waals surface area (Å²) in [7, 11) is -9.15. The Bertz CT molecular complexity index is 1460. The first-order valence-corrected chi connectivity index (χ1v) is 13.5. The second-order valence-corrected chi connectivity index (χ2v) is 12.0. The van der Waals surface area contributed by atoms with Gasteiger partial charge in [0.2, 0.25) is 5.70 Å². The SMILES string of the molecule is O=[N+]([O-])/C(=C/C=C/c1ccccc1[N+](=O)[O-])CC(S(=O)(=O)c1ccccc1)S(=O)(=O)c1ccccc1. The number of para-hydroxylation sites is 1. The minimum Gasteiger partial charge on any atom is -0.259 e. The summed E-state index contributed by atoms with van der Waals surface area (Å²) in [4.78, 5) is 20.9. The van der Waals surface area contributed by atoms with Crippen LogP contribution in [0.25, 0.3) is 6.08 Å². The van der Waals surface area contributed by atoms with Crippen LogP contribution in [0.1, 0.15) is 12.0 Å². The molecule has 10 nitrogen and oxygen atoms in total. The monoisotopic (exact) mass is 528 g/mol. The van der Waals surface area contributed by atoms with Crippen molar-refractivity contribution < 1.29 is 26.7 Å². The molecule has 0 N–H and O–H groups in total. The zero-order valence-corrected chi connectivity index (χ0v) is 20.2. The molecular formula is C24H20N2O8S2. The van der Waals surface area contributed by atoms with Crippen molar-refractivity contribution in [1.82, 2.24) is 0 Å². The minimum atomic E-state index is -4.58. The van der Waals surface area contributed by atoms with E-state index >= 15 is 0 Å². The number of hydrogen-bond donors (Lipinski definition) is 0. The molecule has 3 aromatic rings.